The Kier molecular flexibility index (Phi) is 5.08. The molecule has 0 bridgehead atoms. The summed E-state index contributed by atoms with van der Waals surface area (Å²) in [6, 6.07) is 9.75. The fourth-order valence-corrected chi connectivity index (χ4v) is 4.78. The molecule has 4 rings (SSSR count). The van der Waals surface area contributed by atoms with Crippen LogP contribution in [-0.2, 0) is 0 Å². The predicted octanol–water partition coefficient (Wildman–Crippen LogP) is 7.21. The molecule has 3 nitrogen and oxygen atoms in total. The first kappa shape index (κ1) is 20.5. The van der Waals surface area contributed by atoms with Crippen molar-refractivity contribution in [2.24, 2.45) is 5.92 Å². The molecule has 0 aromatic heterocycles. The number of anilines is 1. The minimum atomic E-state index is -1.68. The highest BCUT2D eigenvalue weighted by molar-refractivity contribution is 5.91. The SMILES string of the molecule is CCC(C=C(F)F)C1Oc2cccc(OC)c2-c2ccc3c(c21)C(C)=CC(C)(C)N3. The van der Waals surface area contributed by atoms with Gasteiger partial charge >= 0.3 is 0 Å². The van der Waals surface area contributed by atoms with E-state index in [0.717, 1.165) is 39.6 Å². The summed E-state index contributed by atoms with van der Waals surface area (Å²) in [5.41, 5.74) is 5.71. The van der Waals surface area contributed by atoms with Crippen LogP contribution in [0.4, 0.5) is 14.5 Å². The van der Waals surface area contributed by atoms with Crippen molar-refractivity contribution in [1.29, 1.82) is 0 Å². The Bertz CT molecular complexity index is 1050. The Morgan fingerprint density at radius 2 is 2.00 bits per heavy atom. The van der Waals surface area contributed by atoms with E-state index in [-0.39, 0.29) is 5.54 Å². The second kappa shape index (κ2) is 7.46. The van der Waals surface area contributed by atoms with Gasteiger partial charge in [-0.2, -0.15) is 8.78 Å². The van der Waals surface area contributed by atoms with Crippen LogP contribution < -0.4 is 14.8 Å². The van der Waals surface area contributed by atoms with Crippen LogP contribution in [-0.4, -0.2) is 12.6 Å². The number of rotatable bonds is 4. The van der Waals surface area contributed by atoms with Crippen LogP contribution >= 0.6 is 0 Å². The molecule has 2 aliphatic rings. The topological polar surface area (TPSA) is 30.5 Å². The lowest BCUT2D eigenvalue weighted by atomic mass is 9.78. The zero-order chi connectivity index (χ0) is 21.6. The number of halogens is 2. The third kappa shape index (κ3) is 3.36. The van der Waals surface area contributed by atoms with Crippen molar-refractivity contribution in [3.05, 3.63) is 59.7 Å². The van der Waals surface area contributed by atoms with Crippen molar-refractivity contribution in [3.8, 4) is 22.6 Å². The standard InChI is InChI=1S/C25H27F2NO2/c1-6-15(12-20(26)27)24-23-16(22-18(29-5)8-7-9-19(22)30-24)10-11-17-21(23)14(2)13-25(3,4)28-17/h7-13,15,24,28H,6H2,1-5H3. The third-order valence-electron chi connectivity index (χ3n) is 5.89. The van der Waals surface area contributed by atoms with E-state index < -0.39 is 18.1 Å². The summed E-state index contributed by atoms with van der Waals surface area (Å²) >= 11 is 0. The van der Waals surface area contributed by atoms with Crippen LogP contribution in [0, 0.1) is 5.92 Å². The van der Waals surface area contributed by atoms with Gasteiger partial charge in [-0.1, -0.05) is 25.1 Å². The van der Waals surface area contributed by atoms with Gasteiger partial charge in [-0.05, 0) is 62.6 Å². The normalized spacial score (nSPS) is 19.2. The smallest absolute Gasteiger partial charge is 0.266 e. The molecular formula is C25H27F2NO2. The molecule has 0 amide bonds. The van der Waals surface area contributed by atoms with E-state index in [0.29, 0.717) is 17.9 Å². The van der Waals surface area contributed by atoms with Crippen molar-refractivity contribution in [1.82, 2.24) is 0 Å². The molecule has 158 valence electrons. The minimum Gasteiger partial charge on any atom is -0.496 e. The molecule has 0 aliphatic carbocycles. The molecule has 0 spiro atoms. The van der Waals surface area contributed by atoms with Gasteiger partial charge in [0.05, 0.1) is 18.2 Å². The number of nitrogens with one attached hydrogen (secondary N) is 1. The van der Waals surface area contributed by atoms with Crippen molar-refractivity contribution in [2.45, 2.75) is 45.8 Å². The van der Waals surface area contributed by atoms with Crippen LogP contribution in [0.5, 0.6) is 11.5 Å². The van der Waals surface area contributed by atoms with Crippen LogP contribution in [0.2, 0.25) is 0 Å². The quantitative estimate of drug-likeness (QED) is 0.577. The van der Waals surface area contributed by atoms with Gasteiger partial charge in [0.25, 0.3) is 6.08 Å². The van der Waals surface area contributed by atoms with Crippen molar-refractivity contribution in [2.75, 3.05) is 12.4 Å². The fourth-order valence-electron chi connectivity index (χ4n) is 4.78. The Morgan fingerprint density at radius 1 is 1.23 bits per heavy atom. The molecule has 0 saturated heterocycles. The highest BCUT2D eigenvalue weighted by Crippen LogP contribution is 2.54. The minimum absolute atomic E-state index is 0.193. The van der Waals surface area contributed by atoms with Gasteiger partial charge in [-0.25, -0.2) is 0 Å². The maximum Gasteiger partial charge on any atom is 0.266 e. The van der Waals surface area contributed by atoms with Gasteiger partial charge in [0.15, 0.2) is 0 Å². The number of benzene rings is 2. The van der Waals surface area contributed by atoms with Crippen LogP contribution in [0.25, 0.3) is 16.7 Å². The van der Waals surface area contributed by atoms with Crippen LogP contribution in [0.3, 0.4) is 0 Å². The Labute approximate surface area is 176 Å². The summed E-state index contributed by atoms with van der Waals surface area (Å²) < 4.78 is 38.6. The molecule has 0 fully saturated rings. The Balaban J connectivity index is 2.03. The number of ether oxygens (including phenoxy) is 2. The zero-order valence-electron chi connectivity index (χ0n) is 18.0. The molecule has 2 aliphatic heterocycles. The summed E-state index contributed by atoms with van der Waals surface area (Å²) in [7, 11) is 1.63. The largest absolute Gasteiger partial charge is 0.496 e. The molecule has 2 atom stereocenters. The number of hydrogen-bond donors (Lipinski definition) is 1. The Hall–Kier alpha value is -2.82. The van der Waals surface area contributed by atoms with Crippen molar-refractivity contribution >= 4 is 11.3 Å². The maximum absolute atomic E-state index is 13.3. The molecule has 0 radical (unpaired) electrons. The third-order valence-corrected chi connectivity index (χ3v) is 5.89. The average molecular weight is 411 g/mol. The van der Waals surface area contributed by atoms with E-state index in [1.54, 1.807) is 7.11 Å². The predicted molar refractivity (Wildman–Crippen MR) is 117 cm³/mol. The van der Waals surface area contributed by atoms with Gasteiger partial charge in [-0.15, -0.1) is 0 Å². The van der Waals surface area contributed by atoms with Gasteiger partial charge in [-0.3, -0.25) is 0 Å². The van der Waals surface area contributed by atoms with E-state index in [9.17, 15) is 8.78 Å². The first-order chi connectivity index (χ1) is 14.3. The molecule has 5 heteroatoms. The van der Waals surface area contributed by atoms with Crippen LogP contribution in [0.1, 0.15) is 51.3 Å². The average Bonchev–Trinajstić information content (AvgIpc) is 2.69. The molecule has 2 unspecified atom stereocenters. The van der Waals surface area contributed by atoms with Crippen molar-refractivity contribution in [3.63, 3.8) is 0 Å². The zero-order valence-corrected chi connectivity index (χ0v) is 18.0. The van der Waals surface area contributed by atoms with Gasteiger partial charge in [0, 0.05) is 22.7 Å². The number of allylic oxidation sites excluding steroid dienone is 1. The molecule has 2 heterocycles. The molecule has 30 heavy (non-hydrogen) atoms. The summed E-state index contributed by atoms with van der Waals surface area (Å²) in [4.78, 5) is 0. The molecule has 1 N–H and O–H groups in total. The summed E-state index contributed by atoms with van der Waals surface area (Å²) in [6.45, 7) is 8.21. The lowest BCUT2D eigenvalue weighted by Crippen LogP contribution is -2.33. The van der Waals surface area contributed by atoms with Crippen LogP contribution in [0.15, 0.2) is 48.6 Å². The van der Waals surface area contributed by atoms with Crippen molar-refractivity contribution < 1.29 is 18.3 Å². The van der Waals surface area contributed by atoms with E-state index in [1.807, 2.05) is 25.1 Å². The fraction of sp³-hybridized carbons (Fsp3) is 0.360. The summed E-state index contributed by atoms with van der Waals surface area (Å²) in [5.74, 6) is 0.907. The number of fused-ring (bicyclic) bond motifs is 5. The lowest BCUT2D eigenvalue weighted by molar-refractivity contribution is 0.149. The maximum atomic E-state index is 13.3. The highest BCUT2D eigenvalue weighted by Gasteiger charge is 2.37. The summed E-state index contributed by atoms with van der Waals surface area (Å²) in [5, 5.41) is 3.56. The molecule has 2 aromatic carbocycles. The first-order valence-corrected chi connectivity index (χ1v) is 10.3. The van der Waals surface area contributed by atoms with E-state index in [2.05, 4.69) is 44.3 Å². The van der Waals surface area contributed by atoms with Gasteiger partial charge < -0.3 is 14.8 Å². The molecule has 0 saturated carbocycles. The van der Waals surface area contributed by atoms with Gasteiger partial charge in [0.1, 0.15) is 17.6 Å². The second-order valence-electron chi connectivity index (χ2n) is 8.52. The number of methoxy groups -OCH3 is 1. The monoisotopic (exact) mass is 411 g/mol. The van der Waals surface area contributed by atoms with E-state index in [4.69, 9.17) is 9.47 Å². The number of hydrogen-bond acceptors (Lipinski definition) is 3. The van der Waals surface area contributed by atoms with Gasteiger partial charge in [0.2, 0.25) is 0 Å². The lowest BCUT2D eigenvalue weighted by Gasteiger charge is -2.39. The second-order valence-corrected chi connectivity index (χ2v) is 8.52. The van der Waals surface area contributed by atoms with E-state index in [1.165, 1.54) is 0 Å². The van der Waals surface area contributed by atoms with E-state index >= 15 is 0 Å². The summed E-state index contributed by atoms with van der Waals surface area (Å²) in [6.07, 6.45) is 1.54. The molecule has 2 aromatic rings. The molecular weight excluding hydrogens is 384 g/mol. The first-order valence-electron chi connectivity index (χ1n) is 10.3. The highest BCUT2D eigenvalue weighted by atomic mass is 19.3. The Morgan fingerprint density at radius 3 is 2.67 bits per heavy atom.